The number of benzene rings is 2. The maximum Gasteiger partial charge on any atom is 0.174 e. The van der Waals surface area contributed by atoms with Crippen molar-refractivity contribution in [3.05, 3.63) is 100 Å². The smallest absolute Gasteiger partial charge is 0.174 e. The molecule has 0 unspecified atom stereocenters. The van der Waals surface area contributed by atoms with Crippen LogP contribution in [0.4, 0.5) is 5.69 Å². The third-order valence-electron chi connectivity index (χ3n) is 5.56. The molecule has 0 bridgehead atoms. The lowest BCUT2D eigenvalue weighted by molar-refractivity contribution is 0.415. The highest BCUT2D eigenvalue weighted by atomic mass is 35.5. The Balaban J connectivity index is 1.59. The summed E-state index contributed by atoms with van der Waals surface area (Å²) >= 11 is 18.2. The fourth-order valence-electron chi connectivity index (χ4n) is 4.01. The van der Waals surface area contributed by atoms with E-state index in [1.54, 1.807) is 13.3 Å². The minimum absolute atomic E-state index is 0.219. The van der Waals surface area contributed by atoms with Crippen LogP contribution < -0.4 is 15.0 Å². The molecule has 1 aliphatic rings. The van der Waals surface area contributed by atoms with E-state index in [0.29, 0.717) is 20.9 Å². The molecule has 5 nitrogen and oxygen atoms in total. The van der Waals surface area contributed by atoms with Crippen LogP contribution in [0.1, 0.15) is 23.5 Å². The van der Waals surface area contributed by atoms with Gasteiger partial charge >= 0.3 is 0 Å². The van der Waals surface area contributed by atoms with E-state index in [4.69, 9.17) is 44.6 Å². The number of ether oxygens (including phenoxy) is 1. The van der Waals surface area contributed by atoms with Crippen LogP contribution in [0.3, 0.4) is 0 Å². The number of nitrogens with zero attached hydrogens (tertiary/aromatic N) is 2. The summed E-state index contributed by atoms with van der Waals surface area (Å²) in [5.74, 6) is 2.08. The number of nitrogens with one attached hydrogen (secondary N) is 1. The van der Waals surface area contributed by atoms with E-state index in [0.717, 1.165) is 28.5 Å². The molecular weight excluding hydrogens is 477 g/mol. The number of hydrogen-bond donors (Lipinski definition) is 1. The van der Waals surface area contributed by atoms with Gasteiger partial charge in [-0.15, -0.1) is 0 Å². The van der Waals surface area contributed by atoms with Gasteiger partial charge in [-0.1, -0.05) is 29.3 Å². The van der Waals surface area contributed by atoms with Crippen LogP contribution >= 0.6 is 35.4 Å². The first kappa shape index (κ1) is 21.8. The van der Waals surface area contributed by atoms with E-state index in [9.17, 15) is 0 Å². The van der Waals surface area contributed by atoms with Gasteiger partial charge in [0.25, 0.3) is 0 Å². The molecule has 2 aromatic carbocycles. The lowest BCUT2D eigenvalue weighted by Crippen LogP contribution is -2.29. The van der Waals surface area contributed by atoms with Crippen molar-refractivity contribution in [2.75, 3.05) is 12.0 Å². The molecule has 8 heteroatoms. The van der Waals surface area contributed by atoms with Crippen molar-refractivity contribution in [1.29, 1.82) is 0 Å². The van der Waals surface area contributed by atoms with Gasteiger partial charge in [-0.3, -0.25) is 4.98 Å². The minimum atomic E-state index is -0.280. The molecule has 0 aliphatic carbocycles. The molecule has 166 valence electrons. The molecule has 1 aliphatic heterocycles. The van der Waals surface area contributed by atoms with Crippen molar-refractivity contribution in [2.24, 2.45) is 0 Å². The number of anilines is 1. The summed E-state index contributed by atoms with van der Waals surface area (Å²) in [4.78, 5) is 6.57. The summed E-state index contributed by atoms with van der Waals surface area (Å²) in [6, 6.07) is 22.4. The molecule has 1 saturated heterocycles. The molecule has 0 saturated carbocycles. The number of hydrogen-bond acceptors (Lipinski definition) is 4. The maximum atomic E-state index is 6.44. The predicted octanol–water partition coefficient (Wildman–Crippen LogP) is 6.83. The molecule has 0 amide bonds. The molecule has 33 heavy (non-hydrogen) atoms. The molecule has 0 radical (unpaired) electrons. The average Bonchev–Trinajstić information content (AvgIpc) is 3.44. The number of rotatable bonds is 5. The molecule has 2 atom stereocenters. The summed E-state index contributed by atoms with van der Waals surface area (Å²) in [6.45, 7) is 0. The quantitative estimate of drug-likeness (QED) is 0.306. The number of methoxy groups -OCH3 is 1. The Hall–Kier alpha value is -3.06. The number of aromatic nitrogens is 1. The predicted molar refractivity (Wildman–Crippen MR) is 135 cm³/mol. The second-order valence-corrected chi connectivity index (χ2v) is 8.75. The monoisotopic (exact) mass is 495 g/mol. The van der Waals surface area contributed by atoms with Crippen molar-refractivity contribution in [2.45, 2.75) is 12.1 Å². The summed E-state index contributed by atoms with van der Waals surface area (Å²) < 4.78 is 11.7. The van der Waals surface area contributed by atoms with E-state index in [2.05, 4.69) is 10.3 Å². The second-order valence-electron chi connectivity index (χ2n) is 7.52. The van der Waals surface area contributed by atoms with Gasteiger partial charge < -0.3 is 19.4 Å². The normalized spacial score (nSPS) is 17.8. The molecule has 0 spiro atoms. The second kappa shape index (κ2) is 9.06. The van der Waals surface area contributed by atoms with Gasteiger partial charge in [-0.05, 0) is 78.9 Å². The Morgan fingerprint density at radius 3 is 2.55 bits per heavy atom. The summed E-state index contributed by atoms with van der Waals surface area (Å²) in [7, 11) is 1.59. The number of thiocarbonyl (C=S) groups is 1. The highest BCUT2D eigenvalue weighted by Crippen LogP contribution is 2.44. The summed E-state index contributed by atoms with van der Waals surface area (Å²) in [5.41, 5.74) is 2.62. The Kier molecular flexibility index (Phi) is 5.98. The van der Waals surface area contributed by atoms with E-state index in [1.807, 2.05) is 77.7 Å². The fraction of sp³-hybridized carbons (Fsp3) is 0.120. The van der Waals surface area contributed by atoms with Gasteiger partial charge in [-0.25, -0.2) is 0 Å². The number of halogens is 2. The molecule has 3 heterocycles. The van der Waals surface area contributed by atoms with Gasteiger partial charge in [0.05, 0.1) is 23.9 Å². The van der Waals surface area contributed by atoms with Crippen LogP contribution in [0.5, 0.6) is 5.75 Å². The molecule has 2 aromatic heterocycles. The highest BCUT2D eigenvalue weighted by Gasteiger charge is 2.42. The number of furan rings is 1. The standard InChI is InChI=1S/C25H19Cl2N3O2S/c1-31-21-10-9-17(14-18(21)27)30-24(23(29-25(30)33)19-4-2-3-13-28-19)22-12-11-20(32-22)15-5-7-16(26)8-6-15/h2-14,23-24H,1H3,(H,29,33)/t23-,24+/m0/s1. The Morgan fingerprint density at radius 2 is 1.85 bits per heavy atom. The van der Waals surface area contributed by atoms with Crippen molar-refractivity contribution >= 4 is 46.2 Å². The molecule has 1 N–H and O–H groups in total. The van der Waals surface area contributed by atoms with E-state index in [1.165, 1.54) is 0 Å². The van der Waals surface area contributed by atoms with E-state index in [-0.39, 0.29) is 12.1 Å². The topological polar surface area (TPSA) is 50.5 Å². The first-order valence-corrected chi connectivity index (χ1v) is 11.4. The van der Waals surface area contributed by atoms with E-state index >= 15 is 0 Å². The van der Waals surface area contributed by atoms with Gasteiger partial charge in [0.1, 0.15) is 23.3 Å². The van der Waals surface area contributed by atoms with Crippen LogP contribution in [0.25, 0.3) is 11.3 Å². The van der Waals surface area contributed by atoms with Crippen molar-refractivity contribution in [3.63, 3.8) is 0 Å². The van der Waals surface area contributed by atoms with Crippen molar-refractivity contribution in [3.8, 4) is 17.1 Å². The minimum Gasteiger partial charge on any atom is -0.495 e. The summed E-state index contributed by atoms with van der Waals surface area (Å²) in [5, 5.41) is 5.15. The molecule has 4 aromatic rings. The molecule has 1 fully saturated rings. The van der Waals surface area contributed by atoms with Crippen LogP contribution in [0.15, 0.2) is 83.4 Å². The van der Waals surface area contributed by atoms with Crippen LogP contribution in [-0.2, 0) is 0 Å². The molecule has 5 rings (SSSR count). The van der Waals surface area contributed by atoms with Crippen molar-refractivity contribution < 1.29 is 9.15 Å². The fourth-order valence-corrected chi connectivity index (χ4v) is 4.73. The zero-order valence-corrected chi connectivity index (χ0v) is 19.9. The Bertz CT molecular complexity index is 1290. The van der Waals surface area contributed by atoms with Crippen LogP contribution in [0, 0.1) is 0 Å². The Morgan fingerprint density at radius 1 is 1.03 bits per heavy atom. The number of pyridine rings is 1. The SMILES string of the molecule is COc1ccc(N2C(=S)N[C@@H](c3ccccn3)[C@H]2c2ccc(-c3ccc(Cl)cc3)o2)cc1Cl. The third kappa shape index (κ3) is 4.17. The zero-order valence-electron chi connectivity index (χ0n) is 17.5. The van der Waals surface area contributed by atoms with Crippen molar-refractivity contribution in [1.82, 2.24) is 10.3 Å². The maximum absolute atomic E-state index is 6.44. The van der Waals surface area contributed by atoms with E-state index < -0.39 is 0 Å². The highest BCUT2D eigenvalue weighted by molar-refractivity contribution is 7.80. The third-order valence-corrected chi connectivity index (χ3v) is 6.42. The van der Waals surface area contributed by atoms with Crippen LogP contribution in [-0.4, -0.2) is 17.2 Å². The van der Waals surface area contributed by atoms with Gasteiger partial charge in [0.15, 0.2) is 5.11 Å². The lowest BCUT2D eigenvalue weighted by Gasteiger charge is -2.26. The van der Waals surface area contributed by atoms with Gasteiger partial charge in [0.2, 0.25) is 0 Å². The first-order valence-electron chi connectivity index (χ1n) is 10.2. The largest absolute Gasteiger partial charge is 0.495 e. The van der Waals surface area contributed by atoms with Gasteiger partial charge in [-0.2, -0.15) is 0 Å². The summed E-state index contributed by atoms with van der Waals surface area (Å²) in [6.07, 6.45) is 1.77. The first-order chi connectivity index (χ1) is 16.0. The average molecular weight is 496 g/mol. The Labute approximate surface area is 206 Å². The van der Waals surface area contributed by atoms with Crippen LogP contribution in [0.2, 0.25) is 10.0 Å². The molecular formula is C25H19Cl2N3O2S. The lowest BCUT2D eigenvalue weighted by atomic mass is 10.0. The zero-order chi connectivity index (χ0) is 22.9. The van der Waals surface area contributed by atoms with Gasteiger partial charge in [0, 0.05) is 22.5 Å².